The Kier molecular flexibility index (Phi) is 4.58. The third-order valence-electron chi connectivity index (χ3n) is 3.00. The summed E-state index contributed by atoms with van der Waals surface area (Å²) in [6.07, 6.45) is 0. The normalized spacial score (nSPS) is 11.0. The summed E-state index contributed by atoms with van der Waals surface area (Å²) >= 11 is 3.31. The van der Waals surface area contributed by atoms with Crippen LogP contribution in [0.25, 0.3) is 0 Å². The van der Waals surface area contributed by atoms with Gasteiger partial charge in [0.05, 0.1) is 10.0 Å². The first-order valence-electron chi connectivity index (χ1n) is 6.59. The van der Waals surface area contributed by atoms with Crippen LogP contribution in [0.5, 0.6) is 0 Å². The molecule has 4 heteroatoms. The number of amides is 1. The van der Waals surface area contributed by atoms with Crippen LogP contribution >= 0.6 is 15.9 Å². The minimum Gasteiger partial charge on any atom is -0.324 e. The Labute approximate surface area is 132 Å². The number of rotatable bonds is 4. The van der Waals surface area contributed by atoms with Crippen LogP contribution in [0.15, 0.2) is 54.6 Å². The Morgan fingerprint density at radius 1 is 0.952 bits per heavy atom. The number of para-hydroxylation sites is 1. The van der Waals surface area contributed by atoms with Gasteiger partial charge >= 0.3 is 0 Å². The van der Waals surface area contributed by atoms with Crippen molar-refractivity contribution in [2.75, 3.05) is 5.32 Å². The molecule has 2 rings (SSSR count). The van der Waals surface area contributed by atoms with Crippen LogP contribution in [-0.4, -0.2) is 16.0 Å². The third-order valence-corrected chi connectivity index (χ3v) is 3.36. The molecule has 0 bridgehead atoms. The molecule has 1 N–H and O–H groups in total. The molecule has 0 fully saturated rings. The molecule has 0 heterocycles. The molecule has 108 valence electrons. The number of carbonyl (C=O) groups excluding carboxylic acids is 2. The molecular weight excluding hydrogens is 330 g/mol. The average Bonchev–Trinajstić information content (AvgIpc) is 2.47. The minimum absolute atomic E-state index is 0.112. The number of anilines is 1. The number of benzene rings is 2. The van der Waals surface area contributed by atoms with Crippen LogP contribution in [0.3, 0.4) is 0 Å². The predicted octanol–water partition coefficient (Wildman–Crippen LogP) is 4.03. The van der Waals surface area contributed by atoms with E-state index in [1.807, 2.05) is 18.2 Å². The van der Waals surface area contributed by atoms with Crippen molar-refractivity contribution in [2.24, 2.45) is 0 Å². The van der Waals surface area contributed by atoms with Crippen molar-refractivity contribution >= 4 is 33.3 Å². The van der Waals surface area contributed by atoms with E-state index in [-0.39, 0.29) is 11.7 Å². The molecule has 0 atom stereocenters. The summed E-state index contributed by atoms with van der Waals surface area (Å²) in [5, 5.41) is 2.79. The zero-order valence-corrected chi connectivity index (χ0v) is 13.5. The van der Waals surface area contributed by atoms with Crippen molar-refractivity contribution in [3.8, 4) is 0 Å². The van der Waals surface area contributed by atoms with Crippen molar-refractivity contribution in [3.05, 3.63) is 65.7 Å². The average molecular weight is 346 g/mol. The molecule has 0 aliphatic rings. The quantitative estimate of drug-likeness (QED) is 0.671. The van der Waals surface area contributed by atoms with Crippen molar-refractivity contribution in [2.45, 2.75) is 18.2 Å². The van der Waals surface area contributed by atoms with E-state index >= 15 is 0 Å². The predicted molar refractivity (Wildman–Crippen MR) is 88.0 cm³/mol. The van der Waals surface area contributed by atoms with Gasteiger partial charge in [-0.1, -0.05) is 58.4 Å². The molecule has 0 aromatic heterocycles. The molecule has 0 unspecified atom stereocenters. The Morgan fingerprint density at radius 3 is 2.14 bits per heavy atom. The molecule has 0 radical (unpaired) electrons. The van der Waals surface area contributed by atoms with E-state index in [1.165, 1.54) is 0 Å². The number of ketones is 1. The first-order chi connectivity index (χ1) is 9.89. The summed E-state index contributed by atoms with van der Waals surface area (Å²) in [6.45, 7) is 3.51. The number of hydrogen-bond acceptors (Lipinski definition) is 2. The van der Waals surface area contributed by atoms with Gasteiger partial charge in [0.1, 0.15) is 0 Å². The Morgan fingerprint density at radius 2 is 1.52 bits per heavy atom. The largest absolute Gasteiger partial charge is 0.324 e. The molecule has 0 spiro atoms. The van der Waals surface area contributed by atoms with Crippen LogP contribution in [0.1, 0.15) is 29.8 Å². The monoisotopic (exact) mass is 345 g/mol. The fourth-order valence-electron chi connectivity index (χ4n) is 1.81. The Hall–Kier alpha value is -1.94. The highest BCUT2D eigenvalue weighted by Gasteiger charge is 2.25. The third kappa shape index (κ3) is 3.79. The van der Waals surface area contributed by atoms with Gasteiger partial charge in [-0.2, -0.15) is 0 Å². The Bertz CT molecular complexity index is 660. The number of halogens is 1. The first-order valence-corrected chi connectivity index (χ1v) is 7.38. The van der Waals surface area contributed by atoms with Crippen LogP contribution < -0.4 is 5.32 Å². The second-order valence-corrected chi connectivity index (χ2v) is 7.15. The van der Waals surface area contributed by atoms with Gasteiger partial charge in [-0.05, 0) is 26.0 Å². The smallest absolute Gasteiger partial charge is 0.240 e. The summed E-state index contributed by atoms with van der Waals surface area (Å²) in [5.41, 5.74) is 1.59. The number of carbonyl (C=O) groups is 2. The maximum atomic E-state index is 12.5. The van der Waals surface area contributed by atoms with E-state index in [9.17, 15) is 9.59 Å². The molecule has 1 amide bonds. The van der Waals surface area contributed by atoms with E-state index in [0.29, 0.717) is 16.8 Å². The highest BCUT2D eigenvalue weighted by atomic mass is 79.9. The lowest BCUT2D eigenvalue weighted by Crippen LogP contribution is -2.31. The molecular formula is C17H16BrNO2. The van der Waals surface area contributed by atoms with Gasteiger partial charge in [0.2, 0.25) is 5.91 Å². The molecule has 0 saturated heterocycles. The molecule has 0 saturated carbocycles. The van der Waals surface area contributed by atoms with Crippen LogP contribution in [0, 0.1) is 0 Å². The van der Waals surface area contributed by atoms with Gasteiger partial charge in [0.25, 0.3) is 0 Å². The van der Waals surface area contributed by atoms with E-state index in [4.69, 9.17) is 0 Å². The lowest BCUT2D eigenvalue weighted by molar-refractivity contribution is -0.117. The van der Waals surface area contributed by atoms with Crippen molar-refractivity contribution in [1.29, 1.82) is 0 Å². The molecule has 3 nitrogen and oxygen atoms in total. The zero-order chi connectivity index (χ0) is 15.5. The van der Waals surface area contributed by atoms with Crippen molar-refractivity contribution < 1.29 is 9.59 Å². The molecule has 0 aliphatic heterocycles. The standard InChI is InChI=1S/C17H16BrNO2/c1-17(2,18)16(21)19-14-11-7-6-10-13(14)15(20)12-8-4-3-5-9-12/h3-11H,1-2H3,(H,19,21). The maximum Gasteiger partial charge on any atom is 0.240 e. The van der Waals surface area contributed by atoms with Crippen molar-refractivity contribution in [1.82, 2.24) is 0 Å². The summed E-state index contributed by atoms with van der Waals surface area (Å²) < 4.78 is -0.699. The highest BCUT2D eigenvalue weighted by molar-refractivity contribution is 9.10. The van der Waals surface area contributed by atoms with Crippen LogP contribution in [0.2, 0.25) is 0 Å². The second kappa shape index (κ2) is 6.22. The number of hydrogen-bond donors (Lipinski definition) is 1. The van der Waals surface area contributed by atoms with Crippen LogP contribution in [0.4, 0.5) is 5.69 Å². The first kappa shape index (κ1) is 15.4. The lowest BCUT2D eigenvalue weighted by atomic mass is 10.0. The van der Waals surface area contributed by atoms with E-state index < -0.39 is 4.32 Å². The summed E-state index contributed by atoms with van der Waals surface area (Å²) in [4.78, 5) is 24.6. The molecule has 2 aromatic rings. The lowest BCUT2D eigenvalue weighted by Gasteiger charge is -2.17. The SMILES string of the molecule is CC(C)(Br)C(=O)Nc1ccccc1C(=O)c1ccccc1. The maximum absolute atomic E-state index is 12.5. The number of nitrogens with one attached hydrogen (secondary N) is 1. The van der Waals surface area contributed by atoms with E-state index in [2.05, 4.69) is 21.2 Å². The fraction of sp³-hybridized carbons (Fsp3) is 0.176. The molecule has 0 aliphatic carbocycles. The van der Waals surface area contributed by atoms with Gasteiger partial charge in [-0.3, -0.25) is 9.59 Å². The summed E-state index contributed by atoms with van der Waals surface area (Å²) in [7, 11) is 0. The summed E-state index contributed by atoms with van der Waals surface area (Å²) in [5.74, 6) is -0.310. The molecule has 2 aromatic carbocycles. The second-order valence-electron chi connectivity index (χ2n) is 5.17. The van der Waals surface area contributed by atoms with Crippen molar-refractivity contribution in [3.63, 3.8) is 0 Å². The van der Waals surface area contributed by atoms with Gasteiger partial charge < -0.3 is 5.32 Å². The zero-order valence-electron chi connectivity index (χ0n) is 11.9. The summed E-state index contributed by atoms with van der Waals surface area (Å²) in [6, 6.07) is 16.0. The highest BCUT2D eigenvalue weighted by Crippen LogP contribution is 2.23. The van der Waals surface area contributed by atoms with Gasteiger partial charge in [0.15, 0.2) is 5.78 Å². The minimum atomic E-state index is -0.699. The van der Waals surface area contributed by atoms with E-state index in [0.717, 1.165) is 0 Å². The number of alkyl halides is 1. The topological polar surface area (TPSA) is 46.2 Å². The van der Waals surface area contributed by atoms with Crippen LogP contribution in [-0.2, 0) is 4.79 Å². The Balaban J connectivity index is 2.34. The van der Waals surface area contributed by atoms with Gasteiger partial charge in [-0.15, -0.1) is 0 Å². The van der Waals surface area contributed by atoms with Gasteiger partial charge in [-0.25, -0.2) is 0 Å². The van der Waals surface area contributed by atoms with E-state index in [1.54, 1.807) is 50.2 Å². The van der Waals surface area contributed by atoms with Gasteiger partial charge in [0, 0.05) is 11.1 Å². The molecule has 21 heavy (non-hydrogen) atoms. The fourth-order valence-corrected chi connectivity index (χ4v) is 1.91.